The smallest absolute Gasteiger partial charge is 0.149 e. The molecule has 0 N–H and O–H groups in total. The number of carbonyl (C=O) groups excluding carboxylic acids is 1. The van der Waals surface area contributed by atoms with Crippen molar-refractivity contribution in [1.82, 2.24) is 10.1 Å². The Balaban J connectivity index is 1.46. The quantitative estimate of drug-likeness (QED) is 0.336. The zero-order valence-corrected chi connectivity index (χ0v) is 18.7. The summed E-state index contributed by atoms with van der Waals surface area (Å²) in [5.74, 6) is 1.25. The molecule has 32 heavy (non-hydrogen) atoms. The van der Waals surface area contributed by atoms with Gasteiger partial charge >= 0.3 is 0 Å². The molecule has 0 aliphatic rings. The maximum atomic E-state index is 14.0. The number of fused-ring (bicyclic) bond motifs is 1. The zero-order chi connectivity index (χ0) is 22.9. The third-order valence-electron chi connectivity index (χ3n) is 5.00. The fourth-order valence-electron chi connectivity index (χ4n) is 3.29. The lowest BCUT2D eigenvalue weighted by Crippen LogP contribution is -2.09. The number of aromatic nitrogens is 2. The first-order valence-electron chi connectivity index (χ1n) is 10.2. The van der Waals surface area contributed by atoms with Gasteiger partial charge in [0.05, 0.1) is 12.1 Å². The highest BCUT2D eigenvalue weighted by molar-refractivity contribution is 6.31. The standard InChI is InChI=1S/C25H22ClFN2O3/c1-25(2,3)23-13-16(29-32-23)12-17(30)11-15-7-8-18(14-20(15)26)31-22-9-10-28-24-19(22)5-4-6-21(24)27/h4-10,13-14H,11-12H2,1-3H3. The molecular formula is C25H22ClFN2O3. The Morgan fingerprint density at radius 2 is 1.94 bits per heavy atom. The molecule has 0 bridgehead atoms. The number of hydrogen-bond donors (Lipinski definition) is 0. The van der Waals surface area contributed by atoms with E-state index in [2.05, 4.69) is 10.1 Å². The van der Waals surface area contributed by atoms with Crippen molar-refractivity contribution in [2.24, 2.45) is 0 Å². The molecule has 0 spiro atoms. The van der Waals surface area contributed by atoms with Crippen LogP contribution in [0.5, 0.6) is 11.5 Å². The Bertz CT molecular complexity index is 1290. The van der Waals surface area contributed by atoms with Crippen LogP contribution in [-0.2, 0) is 23.1 Å². The molecule has 164 valence electrons. The highest BCUT2D eigenvalue weighted by Gasteiger charge is 2.21. The van der Waals surface area contributed by atoms with Gasteiger partial charge in [-0.1, -0.05) is 49.7 Å². The van der Waals surface area contributed by atoms with Crippen molar-refractivity contribution in [3.05, 3.63) is 82.6 Å². The number of ether oxygens (including phenoxy) is 1. The van der Waals surface area contributed by atoms with Crippen molar-refractivity contribution < 1.29 is 18.4 Å². The predicted octanol–water partition coefficient (Wildman–Crippen LogP) is 6.46. The highest BCUT2D eigenvalue weighted by Crippen LogP contribution is 2.32. The average molecular weight is 453 g/mol. The first-order valence-corrected chi connectivity index (χ1v) is 10.6. The van der Waals surface area contributed by atoms with Crippen molar-refractivity contribution in [1.29, 1.82) is 0 Å². The Kier molecular flexibility index (Phi) is 5.98. The van der Waals surface area contributed by atoms with E-state index in [1.54, 1.807) is 36.4 Å². The predicted molar refractivity (Wildman–Crippen MR) is 121 cm³/mol. The SMILES string of the molecule is CC(C)(C)c1cc(CC(=O)Cc2ccc(Oc3ccnc4c(F)cccc34)cc2Cl)no1. The summed E-state index contributed by atoms with van der Waals surface area (Å²) in [6.45, 7) is 6.06. The molecule has 7 heteroatoms. The van der Waals surface area contributed by atoms with Crippen molar-refractivity contribution in [2.45, 2.75) is 39.0 Å². The lowest BCUT2D eigenvalue weighted by atomic mass is 9.93. The van der Waals surface area contributed by atoms with Crippen LogP contribution in [0.25, 0.3) is 10.9 Å². The van der Waals surface area contributed by atoms with E-state index in [0.29, 0.717) is 33.2 Å². The molecule has 0 aliphatic carbocycles. The van der Waals surface area contributed by atoms with Crippen LogP contribution in [-0.4, -0.2) is 15.9 Å². The number of nitrogens with zero attached hydrogens (tertiary/aromatic N) is 2. The van der Waals surface area contributed by atoms with Gasteiger partial charge in [-0.15, -0.1) is 0 Å². The number of para-hydroxylation sites is 1. The third kappa shape index (κ3) is 4.81. The maximum Gasteiger partial charge on any atom is 0.149 e. The monoisotopic (exact) mass is 452 g/mol. The minimum atomic E-state index is -0.415. The minimum Gasteiger partial charge on any atom is -0.457 e. The van der Waals surface area contributed by atoms with Gasteiger partial charge in [0.25, 0.3) is 0 Å². The van der Waals surface area contributed by atoms with Crippen LogP contribution in [0.15, 0.2) is 59.3 Å². The topological polar surface area (TPSA) is 65.2 Å². The van der Waals surface area contributed by atoms with Gasteiger partial charge in [-0.05, 0) is 35.9 Å². The van der Waals surface area contributed by atoms with Crippen LogP contribution >= 0.6 is 11.6 Å². The van der Waals surface area contributed by atoms with Crippen LogP contribution < -0.4 is 4.74 Å². The normalized spacial score (nSPS) is 11.7. The Morgan fingerprint density at radius 1 is 1.12 bits per heavy atom. The van der Waals surface area contributed by atoms with Gasteiger partial charge in [-0.25, -0.2) is 4.39 Å². The number of carbonyl (C=O) groups is 1. The van der Waals surface area contributed by atoms with Gasteiger partial charge in [0, 0.05) is 34.5 Å². The first-order chi connectivity index (χ1) is 15.2. The lowest BCUT2D eigenvalue weighted by molar-refractivity contribution is -0.117. The Labute approximate surface area is 190 Å². The summed E-state index contributed by atoms with van der Waals surface area (Å²) in [7, 11) is 0. The van der Waals surface area contributed by atoms with E-state index in [1.807, 2.05) is 26.8 Å². The third-order valence-corrected chi connectivity index (χ3v) is 5.35. The van der Waals surface area contributed by atoms with E-state index >= 15 is 0 Å². The van der Waals surface area contributed by atoms with E-state index in [-0.39, 0.29) is 29.6 Å². The van der Waals surface area contributed by atoms with Gasteiger partial charge in [0.1, 0.15) is 34.4 Å². The second kappa shape index (κ2) is 8.71. The second-order valence-electron chi connectivity index (χ2n) is 8.63. The average Bonchev–Trinajstić information content (AvgIpc) is 3.20. The summed E-state index contributed by atoms with van der Waals surface area (Å²) in [5.41, 5.74) is 1.36. The molecular weight excluding hydrogens is 431 g/mol. The molecule has 0 atom stereocenters. The molecule has 2 aromatic carbocycles. The first kappa shape index (κ1) is 22.0. The number of halogens is 2. The van der Waals surface area contributed by atoms with Gasteiger partial charge in [-0.3, -0.25) is 9.78 Å². The van der Waals surface area contributed by atoms with Gasteiger partial charge in [0.2, 0.25) is 0 Å². The Hall–Kier alpha value is -3.25. The van der Waals surface area contributed by atoms with Gasteiger partial charge in [-0.2, -0.15) is 0 Å². The van der Waals surface area contributed by atoms with Gasteiger partial charge < -0.3 is 9.26 Å². The lowest BCUT2D eigenvalue weighted by Gasteiger charge is -2.12. The highest BCUT2D eigenvalue weighted by atomic mass is 35.5. The number of benzene rings is 2. The fraction of sp³-hybridized carbons (Fsp3) is 0.240. The summed E-state index contributed by atoms with van der Waals surface area (Å²) >= 11 is 6.41. The largest absolute Gasteiger partial charge is 0.457 e. The number of ketones is 1. The molecule has 0 radical (unpaired) electrons. The molecule has 0 fully saturated rings. The van der Waals surface area contributed by atoms with E-state index < -0.39 is 5.82 Å². The van der Waals surface area contributed by atoms with Crippen LogP contribution in [0.4, 0.5) is 4.39 Å². The van der Waals surface area contributed by atoms with Crippen molar-refractivity contribution in [3.8, 4) is 11.5 Å². The molecule has 0 aliphatic heterocycles. The van der Waals surface area contributed by atoms with Crippen LogP contribution in [0.1, 0.15) is 37.8 Å². The van der Waals surface area contributed by atoms with Crippen LogP contribution in [0, 0.1) is 5.82 Å². The van der Waals surface area contributed by atoms with Crippen LogP contribution in [0.2, 0.25) is 5.02 Å². The number of Topliss-reactive ketones (excluding diaryl/α,β-unsaturated/α-hetero) is 1. The minimum absolute atomic E-state index is 0.0232. The maximum absolute atomic E-state index is 14.0. The molecule has 2 heterocycles. The van der Waals surface area contributed by atoms with Crippen molar-refractivity contribution in [3.63, 3.8) is 0 Å². The molecule has 0 amide bonds. The molecule has 5 nitrogen and oxygen atoms in total. The number of pyridine rings is 1. The van der Waals surface area contributed by atoms with Crippen molar-refractivity contribution >= 4 is 28.3 Å². The molecule has 0 saturated carbocycles. The van der Waals surface area contributed by atoms with Gasteiger partial charge in [0.15, 0.2) is 0 Å². The van der Waals surface area contributed by atoms with E-state index in [1.165, 1.54) is 12.3 Å². The number of hydrogen-bond acceptors (Lipinski definition) is 5. The van der Waals surface area contributed by atoms with Crippen LogP contribution in [0.3, 0.4) is 0 Å². The number of rotatable bonds is 6. The molecule has 4 rings (SSSR count). The summed E-state index contributed by atoms with van der Waals surface area (Å²) in [5, 5.41) is 4.97. The fourth-order valence-corrected chi connectivity index (χ4v) is 3.53. The molecule has 2 aromatic heterocycles. The molecule has 4 aromatic rings. The Morgan fingerprint density at radius 3 is 2.66 bits per heavy atom. The van der Waals surface area contributed by atoms with Crippen molar-refractivity contribution in [2.75, 3.05) is 0 Å². The summed E-state index contributed by atoms with van der Waals surface area (Å²) in [6, 6.07) is 13.3. The summed E-state index contributed by atoms with van der Waals surface area (Å²) in [4.78, 5) is 16.6. The van der Waals surface area contributed by atoms with E-state index in [4.69, 9.17) is 20.9 Å². The van der Waals surface area contributed by atoms with E-state index in [9.17, 15) is 9.18 Å². The second-order valence-corrected chi connectivity index (χ2v) is 9.03. The molecule has 0 unspecified atom stereocenters. The summed E-state index contributed by atoms with van der Waals surface area (Å²) in [6.07, 6.45) is 1.83. The van der Waals surface area contributed by atoms with E-state index in [0.717, 1.165) is 5.76 Å². The molecule has 0 saturated heterocycles. The summed E-state index contributed by atoms with van der Waals surface area (Å²) < 4.78 is 25.2. The zero-order valence-electron chi connectivity index (χ0n) is 18.0.